The fraction of sp³-hybridized carbons (Fsp3) is 0.526. The highest BCUT2D eigenvalue weighted by atomic mass is 19.1. The molecule has 0 spiro atoms. The number of carbonyl (C=O) groups excluding carboxylic acids is 1. The first-order valence-electron chi connectivity index (χ1n) is 9.43. The van der Waals surface area contributed by atoms with E-state index in [1.807, 2.05) is 11.6 Å². The fourth-order valence-electron chi connectivity index (χ4n) is 3.84. The molecule has 1 N–H and O–H groups in total. The van der Waals surface area contributed by atoms with E-state index in [0.717, 1.165) is 31.6 Å². The van der Waals surface area contributed by atoms with Crippen LogP contribution in [-0.4, -0.2) is 58.6 Å². The Hall–Kier alpha value is -2.32. The summed E-state index contributed by atoms with van der Waals surface area (Å²) in [5.74, 6) is -0.484. The Morgan fingerprint density at radius 1 is 1.30 bits per heavy atom. The molecule has 0 aliphatic carbocycles. The van der Waals surface area contributed by atoms with Crippen LogP contribution in [0.2, 0.25) is 0 Å². The van der Waals surface area contributed by atoms with Gasteiger partial charge in [0, 0.05) is 12.1 Å². The Morgan fingerprint density at radius 2 is 2.07 bits per heavy atom. The smallest absolute Gasteiger partial charge is 0.276 e. The number of rotatable bonds is 3. The van der Waals surface area contributed by atoms with Crippen molar-refractivity contribution in [3.8, 4) is 0 Å². The third-order valence-electron chi connectivity index (χ3n) is 5.39. The predicted molar refractivity (Wildman–Crippen MR) is 96.9 cm³/mol. The molecule has 0 bridgehead atoms. The van der Waals surface area contributed by atoms with Crippen LogP contribution >= 0.6 is 0 Å². The van der Waals surface area contributed by atoms with Crippen LogP contribution in [-0.2, 0) is 4.74 Å². The van der Waals surface area contributed by atoms with Crippen molar-refractivity contribution in [3.63, 3.8) is 0 Å². The molecule has 2 aromatic rings. The number of amides is 1. The lowest BCUT2D eigenvalue weighted by atomic mass is 10.1. The van der Waals surface area contributed by atoms with Crippen LogP contribution in [0.1, 0.15) is 46.7 Å². The van der Waals surface area contributed by atoms with E-state index >= 15 is 0 Å². The molecule has 1 aromatic carbocycles. The maximum atomic E-state index is 14.1. The topological polar surface area (TPSA) is 72.3 Å². The Bertz CT molecular complexity index is 818. The van der Waals surface area contributed by atoms with Crippen molar-refractivity contribution in [2.75, 3.05) is 32.8 Å². The second kappa shape index (κ2) is 7.74. The summed E-state index contributed by atoms with van der Waals surface area (Å²) in [4.78, 5) is 14.7. The summed E-state index contributed by atoms with van der Waals surface area (Å²) in [6.07, 6.45) is 1.49. The number of hydrogen-bond acceptors (Lipinski definition) is 5. The highest BCUT2D eigenvalue weighted by Crippen LogP contribution is 2.26. The Kier molecular flexibility index (Phi) is 5.18. The van der Waals surface area contributed by atoms with Gasteiger partial charge in [-0.1, -0.05) is 23.4 Å². The molecule has 0 unspecified atom stereocenters. The third-order valence-corrected chi connectivity index (χ3v) is 5.39. The van der Waals surface area contributed by atoms with Crippen LogP contribution < -0.4 is 5.32 Å². The van der Waals surface area contributed by atoms with Gasteiger partial charge < -0.3 is 15.0 Å². The van der Waals surface area contributed by atoms with Gasteiger partial charge >= 0.3 is 0 Å². The second-order valence-corrected chi connectivity index (χ2v) is 7.08. The number of aromatic nitrogens is 3. The van der Waals surface area contributed by atoms with Crippen molar-refractivity contribution in [2.45, 2.75) is 31.9 Å². The third kappa shape index (κ3) is 3.59. The van der Waals surface area contributed by atoms with Gasteiger partial charge in [0.2, 0.25) is 0 Å². The van der Waals surface area contributed by atoms with Crippen molar-refractivity contribution in [3.05, 3.63) is 47.0 Å². The maximum absolute atomic E-state index is 14.1. The van der Waals surface area contributed by atoms with Gasteiger partial charge in [-0.05, 0) is 38.9 Å². The number of carbonyl (C=O) groups is 1. The quantitative estimate of drug-likeness (QED) is 0.889. The maximum Gasteiger partial charge on any atom is 0.276 e. The molecule has 8 heteroatoms. The Morgan fingerprint density at radius 3 is 2.85 bits per heavy atom. The van der Waals surface area contributed by atoms with Gasteiger partial charge in [-0.15, -0.1) is 5.10 Å². The highest BCUT2D eigenvalue weighted by Gasteiger charge is 2.31. The molecule has 1 atom stereocenters. The monoisotopic (exact) mass is 373 g/mol. The van der Waals surface area contributed by atoms with E-state index in [2.05, 4.69) is 15.6 Å². The Balaban J connectivity index is 1.51. The molecule has 2 aliphatic heterocycles. The predicted octanol–water partition coefficient (Wildman–Crippen LogP) is 1.86. The van der Waals surface area contributed by atoms with Crippen molar-refractivity contribution in [2.24, 2.45) is 0 Å². The number of halogens is 1. The summed E-state index contributed by atoms with van der Waals surface area (Å²) in [6, 6.07) is 6.81. The molecular formula is C19H24FN5O2. The van der Waals surface area contributed by atoms with E-state index < -0.39 is 6.10 Å². The van der Waals surface area contributed by atoms with E-state index in [-0.39, 0.29) is 17.8 Å². The molecule has 3 heterocycles. The van der Waals surface area contributed by atoms with E-state index in [4.69, 9.17) is 4.74 Å². The van der Waals surface area contributed by atoms with E-state index in [1.165, 1.54) is 6.07 Å². The van der Waals surface area contributed by atoms with Gasteiger partial charge in [-0.25, -0.2) is 9.07 Å². The average Bonchev–Trinajstić information content (AvgIpc) is 3.10. The number of nitrogens with one attached hydrogen (secondary N) is 1. The van der Waals surface area contributed by atoms with Gasteiger partial charge in [0.15, 0.2) is 5.69 Å². The van der Waals surface area contributed by atoms with E-state index in [9.17, 15) is 9.18 Å². The lowest BCUT2D eigenvalue weighted by Crippen LogP contribution is -2.42. The largest absolute Gasteiger partial charge is 0.370 e. The molecule has 2 aliphatic rings. The van der Waals surface area contributed by atoms with Crippen LogP contribution in [0.3, 0.4) is 0 Å². The minimum absolute atomic E-state index is 0.169. The number of nitrogens with zero attached hydrogens (tertiary/aromatic N) is 4. The first kappa shape index (κ1) is 18.1. The minimum Gasteiger partial charge on any atom is -0.370 e. The summed E-state index contributed by atoms with van der Waals surface area (Å²) in [5.41, 5.74) is 1.65. The van der Waals surface area contributed by atoms with Gasteiger partial charge in [-0.2, -0.15) is 0 Å². The molecule has 144 valence electrons. The number of hydrogen-bond donors (Lipinski definition) is 1. The molecule has 0 radical (unpaired) electrons. The van der Waals surface area contributed by atoms with Crippen LogP contribution in [0, 0.1) is 12.7 Å². The number of benzene rings is 1. The molecular weight excluding hydrogens is 349 g/mol. The van der Waals surface area contributed by atoms with E-state index in [1.54, 1.807) is 23.1 Å². The first-order chi connectivity index (χ1) is 13.1. The van der Waals surface area contributed by atoms with Crippen molar-refractivity contribution >= 4 is 5.91 Å². The van der Waals surface area contributed by atoms with Gasteiger partial charge in [-0.3, -0.25) is 4.79 Å². The zero-order valence-corrected chi connectivity index (χ0v) is 15.4. The van der Waals surface area contributed by atoms with Crippen molar-refractivity contribution in [1.29, 1.82) is 0 Å². The second-order valence-electron chi connectivity index (χ2n) is 7.08. The number of piperidine rings is 1. The normalized spacial score (nSPS) is 21.4. The molecule has 2 fully saturated rings. The molecule has 7 nitrogen and oxygen atoms in total. The molecule has 1 amide bonds. The molecule has 27 heavy (non-hydrogen) atoms. The summed E-state index contributed by atoms with van der Waals surface area (Å²) in [7, 11) is 0. The van der Waals surface area contributed by atoms with Crippen LogP contribution in [0.25, 0.3) is 0 Å². The standard InChI is InChI=1S/C19H24FN5O2/c1-13-18(22-23-25(13)14-6-8-21-9-7-14)19(26)24-10-11-27-17(12-24)15-4-2-3-5-16(15)20/h2-5,14,17,21H,6-12H2,1H3/t17-/m0/s1. The summed E-state index contributed by atoms with van der Waals surface area (Å²) in [5, 5.41) is 11.7. The summed E-state index contributed by atoms with van der Waals surface area (Å²) < 4.78 is 21.7. The highest BCUT2D eigenvalue weighted by molar-refractivity contribution is 5.93. The molecule has 2 saturated heterocycles. The van der Waals surface area contributed by atoms with Crippen LogP contribution in [0.15, 0.2) is 24.3 Å². The van der Waals surface area contributed by atoms with Crippen LogP contribution in [0.4, 0.5) is 4.39 Å². The zero-order chi connectivity index (χ0) is 18.8. The summed E-state index contributed by atoms with van der Waals surface area (Å²) in [6.45, 7) is 4.92. The van der Waals surface area contributed by atoms with Gasteiger partial charge in [0.1, 0.15) is 11.9 Å². The van der Waals surface area contributed by atoms with Crippen molar-refractivity contribution in [1.82, 2.24) is 25.2 Å². The lowest BCUT2D eigenvalue weighted by molar-refractivity contribution is -0.0245. The average molecular weight is 373 g/mol. The van der Waals surface area contributed by atoms with Gasteiger partial charge in [0.25, 0.3) is 5.91 Å². The number of morpholine rings is 1. The molecule has 4 rings (SSSR count). The number of ether oxygens (including phenoxy) is 1. The molecule has 1 aromatic heterocycles. The van der Waals surface area contributed by atoms with Gasteiger partial charge in [0.05, 0.1) is 24.9 Å². The SMILES string of the molecule is Cc1c(C(=O)N2CCO[C@H](c3ccccc3F)C2)nnn1C1CCNCC1. The zero-order valence-electron chi connectivity index (χ0n) is 15.4. The minimum atomic E-state index is -0.469. The van der Waals surface area contributed by atoms with E-state index in [0.29, 0.717) is 31.0 Å². The first-order valence-corrected chi connectivity index (χ1v) is 9.43. The fourth-order valence-corrected chi connectivity index (χ4v) is 3.84. The van der Waals surface area contributed by atoms with Crippen LogP contribution in [0.5, 0.6) is 0 Å². The summed E-state index contributed by atoms with van der Waals surface area (Å²) >= 11 is 0. The molecule has 0 saturated carbocycles. The lowest BCUT2D eigenvalue weighted by Gasteiger charge is -2.33. The Labute approximate surface area is 157 Å². The van der Waals surface area contributed by atoms with Crippen molar-refractivity contribution < 1.29 is 13.9 Å².